The van der Waals surface area contributed by atoms with E-state index < -0.39 is 0 Å². The van der Waals surface area contributed by atoms with Crippen molar-refractivity contribution in [2.45, 2.75) is 12.8 Å². The van der Waals surface area contributed by atoms with E-state index in [1.807, 2.05) is 91.9 Å². The van der Waals surface area contributed by atoms with Crippen LogP contribution in [0.25, 0.3) is 22.3 Å². The molecule has 2 nitrogen and oxygen atoms in total. The van der Waals surface area contributed by atoms with E-state index in [0.717, 1.165) is 33.4 Å². The molecule has 0 aliphatic carbocycles. The molecule has 0 bridgehead atoms. The van der Waals surface area contributed by atoms with Crippen molar-refractivity contribution in [3.63, 3.8) is 0 Å². The average molecular weight is 378 g/mol. The highest BCUT2D eigenvalue weighted by atomic mass is 16.3. The predicted molar refractivity (Wildman–Crippen MR) is 118 cm³/mol. The maximum Gasteiger partial charge on any atom is 0.123 e. The minimum atomic E-state index is -0.0823. The van der Waals surface area contributed by atoms with E-state index in [0.29, 0.717) is 0 Å². The molecule has 0 fully saturated rings. The van der Waals surface area contributed by atoms with Gasteiger partial charge in [0.05, 0.1) is 0 Å². The van der Waals surface area contributed by atoms with E-state index in [9.17, 15) is 10.2 Å². The van der Waals surface area contributed by atoms with Gasteiger partial charge in [-0.25, -0.2) is 0 Å². The number of hydrogen-bond acceptors (Lipinski definition) is 2. The molecule has 0 saturated carbocycles. The van der Waals surface area contributed by atoms with Crippen LogP contribution in [0.15, 0.2) is 97.1 Å². The molecule has 29 heavy (non-hydrogen) atoms. The number of benzene rings is 4. The van der Waals surface area contributed by atoms with Crippen molar-refractivity contribution < 1.29 is 10.2 Å². The van der Waals surface area contributed by atoms with Gasteiger partial charge in [-0.05, 0) is 52.9 Å². The van der Waals surface area contributed by atoms with Gasteiger partial charge in [0.2, 0.25) is 0 Å². The standard InChI is InChI=1S/C27H22O2/c1-2-23(21-13-15-26(28)24(17-21)19-9-5-3-6-10-19)22-14-16-27(29)25(18-22)20-11-7-4-8-12-20/h3-18,23,28-29H,1H3. The SMILES string of the molecule is C[C]C(c1ccc(O)c(-c2ccccc2)c1)c1ccc(O)c(-c2ccccc2)c1. The third-order valence-corrected chi connectivity index (χ3v) is 5.17. The Kier molecular flexibility index (Phi) is 5.35. The highest BCUT2D eigenvalue weighted by Gasteiger charge is 2.17. The topological polar surface area (TPSA) is 40.5 Å². The van der Waals surface area contributed by atoms with Gasteiger partial charge in [-0.15, -0.1) is 0 Å². The van der Waals surface area contributed by atoms with E-state index in [-0.39, 0.29) is 17.4 Å². The fourth-order valence-corrected chi connectivity index (χ4v) is 3.69. The minimum absolute atomic E-state index is 0.0823. The Bertz CT molecular complexity index is 1010. The van der Waals surface area contributed by atoms with Crippen LogP contribution in [0.2, 0.25) is 0 Å². The van der Waals surface area contributed by atoms with Crippen LogP contribution in [-0.4, -0.2) is 10.2 Å². The molecule has 4 rings (SSSR count). The minimum Gasteiger partial charge on any atom is -0.507 e. The Labute approximate surface area is 171 Å². The van der Waals surface area contributed by atoms with Gasteiger partial charge in [-0.1, -0.05) is 79.7 Å². The van der Waals surface area contributed by atoms with Crippen LogP contribution < -0.4 is 0 Å². The first-order chi connectivity index (χ1) is 14.2. The van der Waals surface area contributed by atoms with Crippen LogP contribution in [0.4, 0.5) is 0 Å². The van der Waals surface area contributed by atoms with Crippen molar-refractivity contribution in [3.05, 3.63) is 115 Å². The molecule has 2 radical (unpaired) electrons. The highest BCUT2D eigenvalue weighted by molar-refractivity contribution is 5.73. The number of phenolic OH excluding ortho intramolecular Hbond substituents is 2. The van der Waals surface area contributed by atoms with Crippen LogP contribution >= 0.6 is 0 Å². The molecule has 2 N–H and O–H groups in total. The summed E-state index contributed by atoms with van der Waals surface area (Å²) in [6, 6.07) is 31.1. The van der Waals surface area contributed by atoms with Crippen LogP contribution in [0.3, 0.4) is 0 Å². The zero-order valence-electron chi connectivity index (χ0n) is 16.2. The van der Waals surface area contributed by atoms with Gasteiger partial charge in [-0.3, -0.25) is 0 Å². The second-order valence-electron chi connectivity index (χ2n) is 7.01. The van der Waals surface area contributed by atoms with Crippen molar-refractivity contribution >= 4 is 0 Å². The van der Waals surface area contributed by atoms with Gasteiger partial charge in [-0.2, -0.15) is 0 Å². The second-order valence-corrected chi connectivity index (χ2v) is 7.01. The van der Waals surface area contributed by atoms with Gasteiger partial charge < -0.3 is 10.2 Å². The zero-order valence-corrected chi connectivity index (χ0v) is 16.2. The first-order valence-electron chi connectivity index (χ1n) is 9.61. The number of hydrogen-bond donors (Lipinski definition) is 2. The Morgan fingerprint density at radius 3 is 1.38 bits per heavy atom. The maximum absolute atomic E-state index is 10.4. The third kappa shape index (κ3) is 3.88. The first-order valence-corrected chi connectivity index (χ1v) is 9.61. The quantitative estimate of drug-likeness (QED) is 0.407. The molecule has 0 aliphatic heterocycles. The van der Waals surface area contributed by atoms with Crippen molar-refractivity contribution in [1.29, 1.82) is 0 Å². The summed E-state index contributed by atoms with van der Waals surface area (Å²) in [6.45, 7) is 1.91. The third-order valence-electron chi connectivity index (χ3n) is 5.17. The molecule has 0 saturated heterocycles. The number of aromatic hydroxyl groups is 2. The van der Waals surface area contributed by atoms with Crippen LogP contribution in [0.1, 0.15) is 24.0 Å². The molecule has 4 aromatic rings. The highest BCUT2D eigenvalue weighted by Crippen LogP contribution is 2.38. The van der Waals surface area contributed by atoms with Gasteiger partial charge >= 0.3 is 0 Å². The summed E-state index contributed by atoms with van der Waals surface area (Å²) < 4.78 is 0. The summed E-state index contributed by atoms with van der Waals surface area (Å²) in [7, 11) is 0. The zero-order chi connectivity index (χ0) is 20.2. The maximum atomic E-state index is 10.4. The van der Waals surface area contributed by atoms with E-state index >= 15 is 0 Å². The Morgan fingerprint density at radius 1 is 0.586 bits per heavy atom. The lowest BCUT2D eigenvalue weighted by molar-refractivity contribution is 0.477. The van der Waals surface area contributed by atoms with E-state index in [4.69, 9.17) is 0 Å². The first kappa shape index (κ1) is 18.8. The second kappa shape index (κ2) is 8.24. The van der Waals surface area contributed by atoms with Gasteiger partial charge in [0.25, 0.3) is 0 Å². The molecule has 0 heterocycles. The average Bonchev–Trinajstić information content (AvgIpc) is 2.77. The number of rotatable bonds is 5. The molecule has 2 heteroatoms. The summed E-state index contributed by atoms with van der Waals surface area (Å²) in [5, 5.41) is 20.8. The summed E-state index contributed by atoms with van der Waals surface area (Å²) in [5.74, 6) is 0.428. The largest absolute Gasteiger partial charge is 0.507 e. The fourth-order valence-electron chi connectivity index (χ4n) is 3.69. The van der Waals surface area contributed by atoms with Crippen molar-refractivity contribution in [1.82, 2.24) is 0 Å². The molecule has 0 aliphatic rings. The molecule has 0 atom stereocenters. The molecule has 0 spiro atoms. The molecule has 0 unspecified atom stereocenters. The van der Waals surface area contributed by atoms with E-state index in [2.05, 4.69) is 6.42 Å². The summed E-state index contributed by atoms with van der Waals surface area (Å²) in [4.78, 5) is 0. The summed E-state index contributed by atoms with van der Waals surface area (Å²) in [5.41, 5.74) is 5.60. The van der Waals surface area contributed by atoms with Crippen LogP contribution in [-0.2, 0) is 0 Å². The predicted octanol–water partition coefficient (Wildman–Crippen LogP) is 6.66. The van der Waals surface area contributed by atoms with Crippen molar-refractivity contribution in [2.75, 3.05) is 0 Å². The molecule has 0 amide bonds. The number of phenols is 2. The van der Waals surface area contributed by atoms with E-state index in [1.165, 1.54) is 0 Å². The summed E-state index contributed by atoms with van der Waals surface area (Å²) in [6.07, 6.45) is 3.37. The molecule has 142 valence electrons. The Balaban J connectivity index is 1.77. The molecular weight excluding hydrogens is 356 g/mol. The van der Waals surface area contributed by atoms with Gasteiger partial charge in [0.15, 0.2) is 0 Å². The van der Waals surface area contributed by atoms with Gasteiger partial charge in [0, 0.05) is 17.0 Å². The van der Waals surface area contributed by atoms with Crippen molar-refractivity contribution in [2.24, 2.45) is 0 Å². The van der Waals surface area contributed by atoms with Crippen LogP contribution in [0.5, 0.6) is 11.5 Å². The van der Waals surface area contributed by atoms with Crippen LogP contribution in [0, 0.1) is 6.42 Å². The normalized spacial score (nSPS) is 11.0. The fraction of sp³-hybridized carbons (Fsp3) is 0.0741. The lowest BCUT2D eigenvalue weighted by atomic mass is 9.86. The van der Waals surface area contributed by atoms with E-state index in [1.54, 1.807) is 12.1 Å². The van der Waals surface area contributed by atoms with Gasteiger partial charge in [0.1, 0.15) is 11.5 Å². The molecule has 0 aromatic heterocycles. The Morgan fingerprint density at radius 2 is 1.00 bits per heavy atom. The summed E-state index contributed by atoms with van der Waals surface area (Å²) >= 11 is 0. The Hall–Kier alpha value is -3.52. The lowest BCUT2D eigenvalue weighted by Crippen LogP contribution is -2.01. The lowest BCUT2D eigenvalue weighted by Gasteiger charge is -2.19. The molecular formula is C27H22O2. The van der Waals surface area contributed by atoms with Crippen molar-refractivity contribution in [3.8, 4) is 33.8 Å². The monoisotopic (exact) mass is 378 g/mol. The molecule has 4 aromatic carbocycles. The smallest absolute Gasteiger partial charge is 0.123 e.